The van der Waals surface area contributed by atoms with Crippen LogP contribution in [0.15, 0.2) is 36.4 Å². The molecule has 0 bridgehead atoms. The summed E-state index contributed by atoms with van der Waals surface area (Å²) in [6, 6.07) is 12.5. The molecule has 3 aliphatic heterocycles. The Balaban J connectivity index is 1.15. The summed E-state index contributed by atoms with van der Waals surface area (Å²) in [4.78, 5) is 0. The fourth-order valence-electron chi connectivity index (χ4n) is 8.73. The van der Waals surface area contributed by atoms with E-state index in [0.29, 0.717) is 25.0 Å². The van der Waals surface area contributed by atoms with Crippen LogP contribution in [0, 0.1) is 29.1 Å². The molecule has 0 radical (unpaired) electrons. The standard InChI is InChI=1S/C35H46O7/c1-33(2,36)25-10-13-34(3)11-5-12-35(4,31(34)17-25)42-19-26-24(14-22-6-8-27-29(15-22)40-20-38-27)18-37-32(26)23-7-9-28-30(16-23)41-21-39-28/h6-9,15-16,24-26,31-32,36H,5,10-14,17-21H2,1-4H3/t24-,25-,26-,31-,32+,34-,35-/m0/s1. The molecular weight excluding hydrogens is 532 g/mol. The predicted molar refractivity (Wildman–Crippen MR) is 158 cm³/mol. The molecule has 0 unspecified atom stereocenters. The highest BCUT2D eigenvalue weighted by atomic mass is 16.7. The van der Waals surface area contributed by atoms with Gasteiger partial charge in [-0.1, -0.05) is 25.5 Å². The Hall–Kier alpha value is -2.48. The summed E-state index contributed by atoms with van der Waals surface area (Å²) in [7, 11) is 0. The van der Waals surface area contributed by atoms with Crippen molar-refractivity contribution in [2.75, 3.05) is 26.8 Å². The van der Waals surface area contributed by atoms with Crippen molar-refractivity contribution in [3.05, 3.63) is 47.5 Å². The third-order valence-corrected chi connectivity index (χ3v) is 11.3. The molecule has 42 heavy (non-hydrogen) atoms. The van der Waals surface area contributed by atoms with E-state index in [-0.39, 0.29) is 42.5 Å². The van der Waals surface area contributed by atoms with Crippen LogP contribution in [0.25, 0.3) is 0 Å². The SMILES string of the molecule is CC(C)(O)[C@H]1CC[C@]2(C)CCC[C@](C)(OC[C@H]3[C@@H](Cc4ccc5c(c4)OCO5)CO[C@@H]3c3ccc4c(c3)OCO4)[C@H]2C1. The van der Waals surface area contributed by atoms with E-state index in [4.69, 9.17) is 28.4 Å². The van der Waals surface area contributed by atoms with Gasteiger partial charge in [0.05, 0.1) is 30.5 Å². The van der Waals surface area contributed by atoms with Gasteiger partial charge in [-0.2, -0.15) is 0 Å². The van der Waals surface area contributed by atoms with Gasteiger partial charge in [-0.05, 0) is 118 Å². The normalized spacial score (nSPS) is 35.3. The smallest absolute Gasteiger partial charge is 0.231 e. The molecule has 7 atom stereocenters. The Morgan fingerprint density at radius 1 is 0.905 bits per heavy atom. The zero-order valence-corrected chi connectivity index (χ0v) is 25.5. The predicted octanol–water partition coefficient (Wildman–Crippen LogP) is 6.84. The van der Waals surface area contributed by atoms with Crippen LogP contribution >= 0.6 is 0 Å². The number of fused-ring (bicyclic) bond motifs is 3. The quantitative estimate of drug-likeness (QED) is 0.385. The van der Waals surface area contributed by atoms with Crippen LogP contribution in [-0.4, -0.2) is 43.1 Å². The maximum Gasteiger partial charge on any atom is 0.231 e. The molecule has 7 heteroatoms. The van der Waals surface area contributed by atoms with Gasteiger partial charge in [0, 0.05) is 5.92 Å². The lowest BCUT2D eigenvalue weighted by Crippen LogP contribution is -2.55. The van der Waals surface area contributed by atoms with E-state index in [1.807, 2.05) is 26.0 Å². The first-order valence-corrected chi connectivity index (χ1v) is 15.9. The first kappa shape index (κ1) is 28.3. The Kier molecular flexibility index (Phi) is 7.14. The molecule has 5 aliphatic rings. The molecule has 2 aromatic rings. The van der Waals surface area contributed by atoms with E-state index >= 15 is 0 Å². The zero-order chi connectivity index (χ0) is 29.1. The van der Waals surface area contributed by atoms with E-state index < -0.39 is 5.60 Å². The molecule has 2 aliphatic carbocycles. The Bertz CT molecular complexity index is 1300. The molecule has 2 saturated carbocycles. The van der Waals surface area contributed by atoms with E-state index in [2.05, 4.69) is 38.1 Å². The van der Waals surface area contributed by atoms with Crippen molar-refractivity contribution in [1.29, 1.82) is 0 Å². The van der Waals surface area contributed by atoms with Crippen molar-refractivity contribution < 1.29 is 33.5 Å². The second-order valence-electron chi connectivity index (χ2n) is 14.5. The summed E-state index contributed by atoms with van der Waals surface area (Å²) in [6.45, 7) is 10.6. The lowest BCUT2D eigenvalue weighted by atomic mass is 9.52. The number of rotatable bonds is 7. The molecule has 0 aromatic heterocycles. The molecule has 3 heterocycles. The Morgan fingerprint density at radius 3 is 2.38 bits per heavy atom. The largest absolute Gasteiger partial charge is 0.454 e. The molecule has 7 rings (SSSR count). The number of ether oxygens (including phenoxy) is 6. The third-order valence-electron chi connectivity index (χ3n) is 11.3. The van der Waals surface area contributed by atoms with Gasteiger partial charge in [0.25, 0.3) is 0 Å². The van der Waals surface area contributed by atoms with Crippen molar-refractivity contribution >= 4 is 0 Å². The minimum absolute atomic E-state index is 0.0902. The summed E-state index contributed by atoms with van der Waals surface area (Å²) >= 11 is 0. The van der Waals surface area contributed by atoms with Gasteiger partial charge >= 0.3 is 0 Å². The third kappa shape index (κ3) is 5.16. The number of hydrogen-bond acceptors (Lipinski definition) is 7. The second-order valence-corrected chi connectivity index (χ2v) is 14.5. The summed E-state index contributed by atoms with van der Waals surface area (Å²) in [5.74, 6) is 4.38. The van der Waals surface area contributed by atoms with E-state index in [9.17, 15) is 5.11 Å². The van der Waals surface area contributed by atoms with Gasteiger partial charge in [-0.3, -0.25) is 0 Å². The van der Waals surface area contributed by atoms with Gasteiger partial charge in [-0.15, -0.1) is 0 Å². The lowest BCUT2D eigenvalue weighted by Gasteiger charge is -2.57. The summed E-state index contributed by atoms with van der Waals surface area (Å²) in [5, 5.41) is 11.0. The number of benzene rings is 2. The maximum absolute atomic E-state index is 11.0. The number of aliphatic hydroxyl groups is 1. The van der Waals surface area contributed by atoms with Crippen LogP contribution in [0.2, 0.25) is 0 Å². The van der Waals surface area contributed by atoms with Gasteiger partial charge in [0.1, 0.15) is 0 Å². The van der Waals surface area contributed by atoms with Crippen LogP contribution in [0.5, 0.6) is 23.0 Å². The van der Waals surface area contributed by atoms with Crippen LogP contribution < -0.4 is 18.9 Å². The van der Waals surface area contributed by atoms with Gasteiger partial charge in [-0.25, -0.2) is 0 Å². The Labute approximate surface area is 249 Å². The van der Waals surface area contributed by atoms with Crippen LogP contribution in [0.4, 0.5) is 0 Å². The molecular formula is C35H46O7. The molecule has 7 nitrogen and oxygen atoms in total. The van der Waals surface area contributed by atoms with Crippen molar-refractivity contribution in [3.63, 3.8) is 0 Å². The minimum Gasteiger partial charge on any atom is -0.454 e. The van der Waals surface area contributed by atoms with E-state index in [1.165, 1.54) is 18.4 Å². The number of hydrogen-bond donors (Lipinski definition) is 1. The Morgan fingerprint density at radius 2 is 1.62 bits per heavy atom. The molecule has 0 amide bonds. The summed E-state index contributed by atoms with van der Waals surface area (Å²) in [5.41, 5.74) is 1.69. The van der Waals surface area contributed by atoms with Crippen molar-refractivity contribution in [2.45, 2.75) is 89.9 Å². The van der Waals surface area contributed by atoms with E-state index in [0.717, 1.165) is 60.7 Å². The van der Waals surface area contributed by atoms with Gasteiger partial charge in [0.15, 0.2) is 23.0 Å². The zero-order valence-electron chi connectivity index (χ0n) is 25.5. The van der Waals surface area contributed by atoms with Crippen molar-refractivity contribution in [2.24, 2.45) is 29.1 Å². The summed E-state index contributed by atoms with van der Waals surface area (Å²) in [6.07, 6.45) is 7.54. The highest BCUT2D eigenvalue weighted by molar-refractivity contribution is 5.46. The first-order valence-electron chi connectivity index (χ1n) is 15.9. The fraction of sp³-hybridized carbons (Fsp3) is 0.657. The topological polar surface area (TPSA) is 75.6 Å². The van der Waals surface area contributed by atoms with E-state index in [1.54, 1.807) is 0 Å². The average Bonchev–Trinajstić information content (AvgIpc) is 3.70. The average molecular weight is 579 g/mol. The molecule has 2 aromatic carbocycles. The van der Waals surface area contributed by atoms with Crippen LogP contribution in [-0.2, 0) is 15.9 Å². The lowest BCUT2D eigenvalue weighted by molar-refractivity contribution is -0.180. The molecule has 1 saturated heterocycles. The molecule has 3 fully saturated rings. The first-order chi connectivity index (χ1) is 20.1. The minimum atomic E-state index is -0.668. The monoisotopic (exact) mass is 578 g/mol. The molecule has 1 N–H and O–H groups in total. The van der Waals surface area contributed by atoms with Crippen LogP contribution in [0.1, 0.15) is 83.5 Å². The maximum atomic E-state index is 11.0. The fourth-order valence-corrected chi connectivity index (χ4v) is 8.73. The second kappa shape index (κ2) is 10.6. The highest BCUT2D eigenvalue weighted by Crippen LogP contribution is 2.58. The summed E-state index contributed by atoms with van der Waals surface area (Å²) < 4.78 is 36.3. The van der Waals surface area contributed by atoms with Gasteiger partial charge < -0.3 is 33.5 Å². The van der Waals surface area contributed by atoms with Gasteiger partial charge in [0.2, 0.25) is 13.6 Å². The molecule has 0 spiro atoms. The highest BCUT2D eigenvalue weighted by Gasteiger charge is 2.54. The van der Waals surface area contributed by atoms with Crippen LogP contribution in [0.3, 0.4) is 0 Å². The van der Waals surface area contributed by atoms with Crippen molar-refractivity contribution in [3.8, 4) is 23.0 Å². The van der Waals surface area contributed by atoms with Crippen molar-refractivity contribution in [1.82, 2.24) is 0 Å². The molecule has 228 valence electrons.